The van der Waals surface area contributed by atoms with Gasteiger partial charge in [-0.15, -0.1) is 0 Å². The fraction of sp³-hybridized carbons (Fsp3) is 0.222. The summed E-state index contributed by atoms with van der Waals surface area (Å²) < 4.78 is 53.2. The summed E-state index contributed by atoms with van der Waals surface area (Å²) in [5, 5.41) is 0.841. The van der Waals surface area contributed by atoms with E-state index < -0.39 is 22.2 Å². The maximum absolute atomic E-state index is 13.6. The number of nitrogens with one attached hydrogen (secondary N) is 1. The predicted octanol–water partition coefficient (Wildman–Crippen LogP) is 2.64. The van der Waals surface area contributed by atoms with Gasteiger partial charge < -0.3 is 10.7 Å². The van der Waals surface area contributed by atoms with Crippen LogP contribution in [0.15, 0.2) is 53.6 Å². The number of alkyl halides is 1. The van der Waals surface area contributed by atoms with Crippen LogP contribution in [0.3, 0.4) is 0 Å². The van der Waals surface area contributed by atoms with E-state index in [1.807, 2.05) is 0 Å². The van der Waals surface area contributed by atoms with Gasteiger partial charge in [0, 0.05) is 35.8 Å². The molecule has 0 bridgehead atoms. The van der Waals surface area contributed by atoms with Gasteiger partial charge in [-0.25, -0.2) is 17.2 Å². The number of nitrogens with zero attached hydrogens (tertiary/aromatic N) is 1. The summed E-state index contributed by atoms with van der Waals surface area (Å²) in [6, 6.07) is 10.0. The van der Waals surface area contributed by atoms with E-state index in [4.69, 9.17) is 5.73 Å². The lowest BCUT2D eigenvalue weighted by Crippen LogP contribution is -2.32. The standard InChI is InChI=1S/C18H17F2N3O2S/c19-12-3-6-14-15(8-22-18(14)7-12)11-1-4-13(5-2-11)26(24,25)23-9-16(20)17(21)10-23/h1-8,16-17,22H,9-10,21H2/t16-,17-/m0/s1. The number of sulfonamides is 1. The second-order valence-corrected chi connectivity index (χ2v) is 8.36. The molecule has 136 valence electrons. The summed E-state index contributed by atoms with van der Waals surface area (Å²) >= 11 is 0. The van der Waals surface area contributed by atoms with Crippen LogP contribution in [-0.2, 0) is 10.0 Å². The van der Waals surface area contributed by atoms with Gasteiger partial charge in [0.15, 0.2) is 0 Å². The third-order valence-corrected chi connectivity index (χ3v) is 6.55. The molecule has 0 unspecified atom stereocenters. The van der Waals surface area contributed by atoms with Gasteiger partial charge >= 0.3 is 0 Å². The molecule has 0 spiro atoms. The summed E-state index contributed by atoms with van der Waals surface area (Å²) in [5.41, 5.74) is 7.89. The lowest BCUT2D eigenvalue weighted by molar-refractivity contribution is 0.322. The van der Waals surface area contributed by atoms with Gasteiger partial charge in [-0.05, 0) is 35.9 Å². The number of hydrogen-bond acceptors (Lipinski definition) is 3. The number of fused-ring (bicyclic) bond motifs is 1. The lowest BCUT2D eigenvalue weighted by Gasteiger charge is -2.15. The van der Waals surface area contributed by atoms with Crippen molar-refractivity contribution in [3.05, 3.63) is 54.5 Å². The van der Waals surface area contributed by atoms with E-state index in [1.165, 1.54) is 24.3 Å². The van der Waals surface area contributed by atoms with Crippen molar-refractivity contribution in [3.63, 3.8) is 0 Å². The van der Waals surface area contributed by atoms with Crippen LogP contribution in [0.1, 0.15) is 0 Å². The molecule has 2 aromatic carbocycles. The Morgan fingerprint density at radius 1 is 1.12 bits per heavy atom. The average Bonchev–Trinajstić information content (AvgIpc) is 3.18. The molecule has 2 heterocycles. The molecule has 8 heteroatoms. The van der Waals surface area contributed by atoms with Gasteiger partial charge in [-0.3, -0.25) is 0 Å². The zero-order valence-corrected chi connectivity index (χ0v) is 14.5. The summed E-state index contributed by atoms with van der Waals surface area (Å²) in [7, 11) is -3.78. The van der Waals surface area contributed by atoms with Crippen LogP contribution < -0.4 is 5.73 Å². The average molecular weight is 377 g/mol. The molecule has 0 aliphatic carbocycles. The first-order valence-electron chi connectivity index (χ1n) is 8.13. The predicted molar refractivity (Wildman–Crippen MR) is 95.3 cm³/mol. The Kier molecular flexibility index (Phi) is 4.06. The molecule has 4 rings (SSSR count). The number of halogens is 2. The lowest BCUT2D eigenvalue weighted by atomic mass is 10.1. The van der Waals surface area contributed by atoms with Crippen LogP contribution >= 0.6 is 0 Å². The normalized spacial score (nSPS) is 21.5. The minimum absolute atomic E-state index is 0.0285. The molecule has 1 aromatic heterocycles. The molecule has 1 aliphatic heterocycles. The molecule has 1 fully saturated rings. The number of H-pyrrole nitrogens is 1. The fourth-order valence-corrected chi connectivity index (χ4v) is 4.73. The number of aromatic nitrogens is 1. The minimum atomic E-state index is -3.78. The van der Waals surface area contributed by atoms with Crippen LogP contribution in [0.25, 0.3) is 22.0 Å². The highest BCUT2D eigenvalue weighted by Crippen LogP contribution is 2.30. The number of rotatable bonds is 3. The fourth-order valence-electron chi connectivity index (χ4n) is 3.24. The van der Waals surface area contributed by atoms with Crippen molar-refractivity contribution >= 4 is 20.9 Å². The molecule has 3 aromatic rings. The van der Waals surface area contributed by atoms with Crippen molar-refractivity contribution in [2.45, 2.75) is 17.1 Å². The zero-order chi connectivity index (χ0) is 18.5. The van der Waals surface area contributed by atoms with Gasteiger partial charge in [0.1, 0.15) is 12.0 Å². The Hall–Kier alpha value is -2.29. The van der Waals surface area contributed by atoms with E-state index in [2.05, 4.69) is 4.98 Å². The smallest absolute Gasteiger partial charge is 0.243 e. The van der Waals surface area contributed by atoms with Crippen molar-refractivity contribution < 1.29 is 17.2 Å². The molecule has 1 aliphatic rings. The number of hydrogen-bond donors (Lipinski definition) is 2. The van der Waals surface area contributed by atoms with Crippen LogP contribution in [0, 0.1) is 5.82 Å². The Morgan fingerprint density at radius 2 is 1.85 bits per heavy atom. The van der Waals surface area contributed by atoms with E-state index in [1.54, 1.807) is 24.4 Å². The first-order chi connectivity index (χ1) is 12.4. The first kappa shape index (κ1) is 17.1. The quantitative estimate of drug-likeness (QED) is 0.736. The van der Waals surface area contributed by atoms with Crippen LogP contribution in [0.2, 0.25) is 0 Å². The highest BCUT2D eigenvalue weighted by Gasteiger charge is 2.37. The molecule has 3 N–H and O–H groups in total. The molecule has 1 saturated heterocycles. The monoisotopic (exact) mass is 377 g/mol. The molecule has 5 nitrogen and oxygen atoms in total. The molecular weight excluding hydrogens is 360 g/mol. The summed E-state index contributed by atoms with van der Waals surface area (Å²) in [6.45, 7) is -0.251. The van der Waals surface area contributed by atoms with Crippen LogP contribution in [0.5, 0.6) is 0 Å². The van der Waals surface area contributed by atoms with Gasteiger partial charge in [0.05, 0.1) is 10.9 Å². The Labute approximate surface area is 149 Å². The molecule has 0 amide bonds. The van der Waals surface area contributed by atoms with Crippen molar-refractivity contribution in [1.82, 2.24) is 9.29 Å². The molecule has 2 atom stereocenters. The van der Waals surface area contributed by atoms with E-state index in [0.29, 0.717) is 5.52 Å². The number of benzene rings is 2. The Morgan fingerprint density at radius 3 is 2.50 bits per heavy atom. The van der Waals surface area contributed by atoms with E-state index in [9.17, 15) is 17.2 Å². The Bertz CT molecular complexity index is 1050. The van der Waals surface area contributed by atoms with E-state index >= 15 is 0 Å². The van der Waals surface area contributed by atoms with Crippen molar-refractivity contribution in [1.29, 1.82) is 0 Å². The van der Waals surface area contributed by atoms with Crippen LogP contribution in [-0.4, -0.2) is 43.0 Å². The van der Waals surface area contributed by atoms with Gasteiger partial charge in [-0.2, -0.15) is 4.31 Å². The highest BCUT2D eigenvalue weighted by atomic mass is 32.2. The summed E-state index contributed by atoms with van der Waals surface area (Å²) in [6.07, 6.45) is 0.400. The summed E-state index contributed by atoms with van der Waals surface area (Å²) in [4.78, 5) is 3.10. The van der Waals surface area contributed by atoms with Gasteiger partial charge in [0.25, 0.3) is 0 Å². The summed E-state index contributed by atoms with van der Waals surface area (Å²) in [5.74, 6) is -0.331. The van der Waals surface area contributed by atoms with E-state index in [0.717, 1.165) is 20.8 Å². The maximum atomic E-state index is 13.6. The number of aromatic amines is 1. The van der Waals surface area contributed by atoms with Crippen molar-refractivity contribution in [2.24, 2.45) is 5.73 Å². The second-order valence-electron chi connectivity index (χ2n) is 6.42. The van der Waals surface area contributed by atoms with Gasteiger partial charge in [-0.1, -0.05) is 12.1 Å². The maximum Gasteiger partial charge on any atom is 0.243 e. The third kappa shape index (κ3) is 2.80. The third-order valence-electron chi connectivity index (χ3n) is 4.70. The molecule has 0 saturated carbocycles. The zero-order valence-electron chi connectivity index (χ0n) is 13.7. The first-order valence-corrected chi connectivity index (χ1v) is 9.57. The van der Waals surface area contributed by atoms with Gasteiger partial charge in [0.2, 0.25) is 10.0 Å². The van der Waals surface area contributed by atoms with Crippen molar-refractivity contribution in [2.75, 3.05) is 13.1 Å². The van der Waals surface area contributed by atoms with Crippen molar-refractivity contribution in [3.8, 4) is 11.1 Å². The number of nitrogens with two attached hydrogens (primary N) is 1. The minimum Gasteiger partial charge on any atom is -0.360 e. The molecular formula is C18H17F2N3O2S. The highest BCUT2D eigenvalue weighted by molar-refractivity contribution is 7.89. The second kappa shape index (κ2) is 6.15. The SMILES string of the molecule is N[C@H]1CN(S(=O)(=O)c2ccc(-c3c[nH]c4cc(F)ccc34)cc2)C[C@@H]1F. The molecule has 26 heavy (non-hydrogen) atoms. The van der Waals surface area contributed by atoms with E-state index in [-0.39, 0.29) is 23.8 Å². The molecule has 0 radical (unpaired) electrons. The Balaban J connectivity index is 1.66. The largest absolute Gasteiger partial charge is 0.360 e. The van der Waals surface area contributed by atoms with Crippen LogP contribution in [0.4, 0.5) is 8.78 Å². The topological polar surface area (TPSA) is 79.2 Å².